The van der Waals surface area contributed by atoms with Crippen molar-refractivity contribution in [3.63, 3.8) is 0 Å². The normalized spacial score (nSPS) is 10.7. The van der Waals surface area contributed by atoms with Gasteiger partial charge in [-0.25, -0.2) is 9.78 Å². The highest BCUT2D eigenvalue weighted by Crippen LogP contribution is 2.28. The topological polar surface area (TPSA) is 97.4 Å². The molecule has 9 heteroatoms. The first-order valence-electron chi connectivity index (χ1n) is 7.00. The molecule has 126 valence electrons. The van der Waals surface area contributed by atoms with Crippen LogP contribution in [-0.2, 0) is 19.1 Å². The first kappa shape index (κ1) is 18.0. The molecule has 0 aliphatic carbocycles. The van der Waals surface area contributed by atoms with E-state index in [4.69, 9.17) is 0 Å². The van der Waals surface area contributed by atoms with Crippen LogP contribution in [0.25, 0.3) is 10.2 Å². The maximum Gasteiger partial charge on any atom is 0.330 e. The molecule has 0 radical (unpaired) electrons. The van der Waals surface area contributed by atoms with Crippen molar-refractivity contribution in [2.24, 2.45) is 0 Å². The lowest BCUT2D eigenvalue weighted by Crippen LogP contribution is -2.41. The second-order valence-electron chi connectivity index (χ2n) is 4.36. The number of hydrogen-bond acceptors (Lipinski definition) is 7. The third kappa shape index (κ3) is 5.67. The minimum absolute atomic E-state index is 0.113. The number of benzene rings is 1. The summed E-state index contributed by atoms with van der Waals surface area (Å²) in [6.45, 7) is 1.89. The second kappa shape index (κ2) is 9.04. The van der Waals surface area contributed by atoms with Gasteiger partial charge in [0.2, 0.25) is 5.91 Å². The number of nitrogens with one attached hydrogen (secondary N) is 2. The third-order valence-corrected chi connectivity index (χ3v) is 4.76. The van der Waals surface area contributed by atoms with E-state index in [1.54, 1.807) is 6.92 Å². The number of rotatable bonds is 6. The number of thiazole rings is 1. The number of thioether (sulfide) groups is 1. The second-order valence-corrected chi connectivity index (χ2v) is 6.61. The molecule has 0 saturated heterocycles. The average Bonchev–Trinajstić information content (AvgIpc) is 2.99. The van der Waals surface area contributed by atoms with Crippen LogP contribution in [0.4, 0.5) is 0 Å². The highest BCUT2D eigenvalue weighted by atomic mass is 32.2. The first-order chi connectivity index (χ1) is 11.6. The van der Waals surface area contributed by atoms with Crippen LogP contribution in [-0.4, -0.2) is 35.1 Å². The van der Waals surface area contributed by atoms with Crippen molar-refractivity contribution < 1.29 is 19.1 Å². The van der Waals surface area contributed by atoms with Crippen molar-refractivity contribution in [1.82, 2.24) is 15.8 Å². The molecule has 1 aromatic heterocycles. The van der Waals surface area contributed by atoms with Crippen molar-refractivity contribution in [1.29, 1.82) is 0 Å². The molecule has 24 heavy (non-hydrogen) atoms. The van der Waals surface area contributed by atoms with Crippen LogP contribution in [0.3, 0.4) is 0 Å². The first-order valence-corrected chi connectivity index (χ1v) is 8.80. The average molecular weight is 365 g/mol. The molecule has 0 saturated carbocycles. The van der Waals surface area contributed by atoms with E-state index in [9.17, 15) is 14.4 Å². The Bertz CT molecular complexity index is 740. The minimum atomic E-state index is -0.624. The number of aromatic nitrogens is 1. The summed E-state index contributed by atoms with van der Waals surface area (Å²) in [6.07, 6.45) is 1.97. The number of nitrogens with zero attached hydrogens (tertiary/aromatic N) is 1. The highest BCUT2D eigenvalue weighted by molar-refractivity contribution is 8.01. The molecule has 0 aliphatic heterocycles. The van der Waals surface area contributed by atoms with Gasteiger partial charge in [0.05, 0.1) is 22.6 Å². The lowest BCUT2D eigenvalue weighted by molar-refractivity contribution is -0.137. The number of carbonyl (C=O) groups is 3. The Morgan fingerprint density at radius 2 is 2.04 bits per heavy atom. The molecule has 2 N–H and O–H groups in total. The number of carbonyl (C=O) groups excluding carboxylic acids is 3. The van der Waals surface area contributed by atoms with Crippen molar-refractivity contribution in [2.45, 2.75) is 11.3 Å². The maximum atomic E-state index is 11.7. The fourth-order valence-electron chi connectivity index (χ4n) is 1.58. The van der Waals surface area contributed by atoms with Crippen LogP contribution in [0, 0.1) is 0 Å². The molecule has 0 atom stereocenters. The van der Waals surface area contributed by atoms with Crippen LogP contribution < -0.4 is 10.9 Å². The van der Waals surface area contributed by atoms with Crippen LogP contribution in [0.2, 0.25) is 0 Å². The maximum absolute atomic E-state index is 11.7. The van der Waals surface area contributed by atoms with E-state index in [-0.39, 0.29) is 18.3 Å². The lowest BCUT2D eigenvalue weighted by Gasteiger charge is -2.03. The van der Waals surface area contributed by atoms with Gasteiger partial charge in [-0.3, -0.25) is 20.4 Å². The number of fused-ring (bicyclic) bond motifs is 1. The Morgan fingerprint density at radius 3 is 2.79 bits per heavy atom. The van der Waals surface area contributed by atoms with Gasteiger partial charge in [-0.05, 0) is 19.1 Å². The van der Waals surface area contributed by atoms with Gasteiger partial charge < -0.3 is 4.74 Å². The third-order valence-electron chi connectivity index (χ3n) is 2.58. The fraction of sp³-hybridized carbons (Fsp3) is 0.200. The Kier molecular flexibility index (Phi) is 6.76. The van der Waals surface area contributed by atoms with Crippen molar-refractivity contribution in [2.75, 3.05) is 12.4 Å². The number of para-hydroxylation sites is 1. The predicted octanol–water partition coefficient (Wildman–Crippen LogP) is 1.66. The lowest BCUT2D eigenvalue weighted by atomic mass is 10.3. The molecule has 2 aromatic rings. The van der Waals surface area contributed by atoms with E-state index >= 15 is 0 Å². The van der Waals surface area contributed by atoms with Crippen molar-refractivity contribution in [3.05, 3.63) is 36.4 Å². The molecule has 0 fully saturated rings. The van der Waals surface area contributed by atoms with Gasteiger partial charge in [0.15, 0.2) is 4.34 Å². The van der Waals surface area contributed by atoms with Crippen LogP contribution in [0.1, 0.15) is 6.92 Å². The fourth-order valence-corrected chi connectivity index (χ4v) is 3.45. The van der Waals surface area contributed by atoms with Crippen molar-refractivity contribution >= 4 is 51.1 Å². The van der Waals surface area contributed by atoms with Crippen LogP contribution in [0.5, 0.6) is 0 Å². The van der Waals surface area contributed by atoms with Gasteiger partial charge in [0.1, 0.15) is 0 Å². The zero-order chi connectivity index (χ0) is 17.4. The molecule has 2 rings (SSSR count). The largest absolute Gasteiger partial charge is 0.463 e. The molecular formula is C15H15N3O4S2. The van der Waals surface area contributed by atoms with Crippen LogP contribution >= 0.6 is 23.1 Å². The van der Waals surface area contributed by atoms with E-state index in [1.807, 2.05) is 24.3 Å². The molecule has 2 amide bonds. The minimum Gasteiger partial charge on any atom is -0.463 e. The predicted molar refractivity (Wildman–Crippen MR) is 92.4 cm³/mol. The summed E-state index contributed by atoms with van der Waals surface area (Å²) in [5, 5.41) is 0. The number of ether oxygens (including phenoxy) is 1. The quantitative estimate of drug-likeness (QED) is 0.350. The molecular weight excluding hydrogens is 350 g/mol. The highest BCUT2D eigenvalue weighted by Gasteiger charge is 2.08. The summed E-state index contributed by atoms with van der Waals surface area (Å²) in [5.74, 6) is -1.51. The molecule has 0 spiro atoms. The number of esters is 1. The van der Waals surface area contributed by atoms with E-state index in [0.717, 1.165) is 26.7 Å². The molecule has 0 unspecified atom stereocenters. The summed E-state index contributed by atoms with van der Waals surface area (Å²) in [5.41, 5.74) is 5.33. The zero-order valence-electron chi connectivity index (χ0n) is 12.8. The molecule has 1 heterocycles. The summed E-state index contributed by atoms with van der Waals surface area (Å²) in [6, 6.07) is 7.71. The summed E-state index contributed by atoms with van der Waals surface area (Å²) < 4.78 is 6.46. The number of hydrogen-bond donors (Lipinski definition) is 2. The van der Waals surface area contributed by atoms with E-state index in [2.05, 4.69) is 20.6 Å². The Hall–Kier alpha value is -2.39. The van der Waals surface area contributed by atoms with Gasteiger partial charge in [0, 0.05) is 12.2 Å². The van der Waals surface area contributed by atoms with Gasteiger partial charge in [-0.15, -0.1) is 11.3 Å². The molecule has 0 aliphatic rings. The van der Waals surface area contributed by atoms with E-state index in [0.29, 0.717) is 0 Å². The van der Waals surface area contributed by atoms with E-state index < -0.39 is 11.9 Å². The monoisotopic (exact) mass is 365 g/mol. The smallest absolute Gasteiger partial charge is 0.330 e. The molecule has 7 nitrogen and oxygen atoms in total. The Labute approximate surface area is 146 Å². The molecule has 1 aromatic carbocycles. The van der Waals surface area contributed by atoms with Gasteiger partial charge in [-0.2, -0.15) is 0 Å². The summed E-state index contributed by atoms with van der Waals surface area (Å²) in [7, 11) is 0. The summed E-state index contributed by atoms with van der Waals surface area (Å²) >= 11 is 2.78. The van der Waals surface area contributed by atoms with E-state index in [1.165, 1.54) is 23.1 Å². The van der Waals surface area contributed by atoms with Gasteiger partial charge in [-0.1, -0.05) is 23.9 Å². The van der Waals surface area contributed by atoms with Gasteiger partial charge >= 0.3 is 5.97 Å². The number of hydrazine groups is 1. The SMILES string of the molecule is CCOC(=O)/C=C/C(=O)NNC(=O)CSc1nc2ccccc2s1. The van der Waals surface area contributed by atoms with Gasteiger partial charge in [0.25, 0.3) is 5.91 Å². The van der Waals surface area contributed by atoms with Crippen molar-refractivity contribution in [3.8, 4) is 0 Å². The standard InChI is InChI=1S/C15H15N3O4S2/c1-2-22-14(21)8-7-12(19)17-18-13(20)9-23-15-16-10-5-3-4-6-11(10)24-15/h3-8H,2,9H2,1H3,(H,17,19)(H,18,20)/b8-7+. The number of amides is 2. The summed E-state index contributed by atoms with van der Waals surface area (Å²) in [4.78, 5) is 38.5. The molecule has 0 bridgehead atoms. The van der Waals surface area contributed by atoms with Crippen LogP contribution in [0.15, 0.2) is 40.8 Å². The Morgan fingerprint density at radius 1 is 1.25 bits per heavy atom. The Balaban J connectivity index is 1.73. The zero-order valence-corrected chi connectivity index (χ0v) is 14.4.